The second kappa shape index (κ2) is 9.55. The van der Waals surface area contributed by atoms with Crippen LogP contribution in [0.15, 0.2) is 23.2 Å². The molecule has 1 atom stereocenters. The zero-order valence-electron chi connectivity index (χ0n) is 14.2. The Hall–Kier alpha value is -1.56. The lowest BCUT2D eigenvalue weighted by Crippen LogP contribution is -2.40. The van der Waals surface area contributed by atoms with Crippen LogP contribution < -0.4 is 20.1 Å². The van der Waals surface area contributed by atoms with Crippen LogP contribution in [0.1, 0.15) is 25.3 Å². The number of thioether (sulfide) groups is 1. The first-order valence-electron chi connectivity index (χ1n) is 8.11. The molecule has 128 valence electrons. The summed E-state index contributed by atoms with van der Waals surface area (Å²) >= 11 is 2.05. The topological polar surface area (TPSA) is 54.9 Å². The molecule has 1 aliphatic rings. The predicted molar refractivity (Wildman–Crippen MR) is 97.8 cm³/mol. The minimum absolute atomic E-state index is 0.605. The van der Waals surface area contributed by atoms with Crippen LogP contribution in [0.5, 0.6) is 11.5 Å². The third-order valence-corrected chi connectivity index (χ3v) is 5.13. The van der Waals surface area contributed by atoms with E-state index in [1.54, 1.807) is 14.2 Å². The van der Waals surface area contributed by atoms with E-state index in [0.717, 1.165) is 36.1 Å². The second-order valence-corrected chi connectivity index (χ2v) is 6.81. The molecule has 5 nitrogen and oxygen atoms in total. The van der Waals surface area contributed by atoms with Gasteiger partial charge in [0.1, 0.15) is 0 Å². The van der Waals surface area contributed by atoms with Gasteiger partial charge in [0.15, 0.2) is 17.5 Å². The Morgan fingerprint density at radius 2 is 2.09 bits per heavy atom. The molecule has 0 radical (unpaired) electrons. The third-order valence-electron chi connectivity index (χ3n) is 3.73. The van der Waals surface area contributed by atoms with E-state index in [-0.39, 0.29) is 0 Å². The molecule has 0 aliphatic carbocycles. The summed E-state index contributed by atoms with van der Waals surface area (Å²) in [4.78, 5) is 4.66. The van der Waals surface area contributed by atoms with Gasteiger partial charge in [0.05, 0.1) is 20.8 Å². The van der Waals surface area contributed by atoms with Gasteiger partial charge >= 0.3 is 0 Å². The molecule has 6 heteroatoms. The fraction of sp³-hybridized carbons (Fsp3) is 0.588. The van der Waals surface area contributed by atoms with Crippen molar-refractivity contribution < 1.29 is 9.47 Å². The van der Waals surface area contributed by atoms with Crippen molar-refractivity contribution in [3.63, 3.8) is 0 Å². The number of nitrogens with zero attached hydrogens (tertiary/aromatic N) is 1. The summed E-state index contributed by atoms with van der Waals surface area (Å²) in [5.74, 6) is 3.63. The van der Waals surface area contributed by atoms with Crippen molar-refractivity contribution in [1.82, 2.24) is 10.6 Å². The number of rotatable bonds is 7. The minimum Gasteiger partial charge on any atom is -0.493 e. The first-order chi connectivity index (χ1) is 11.3. The van der Waals surface area contributed by atoms with Crippen molar-refractivity contribution >= 4 is 17.7 Å². The number of hydrogen-bond donors (Lipinski definition) is 2. The van der Waals surface area contributed by atoms with E-state index in [9.17, 15) is 0 Å². The summed E-state index contributed by atoms with van der Waals surface area (Å²) in [5, 5.41) is 7.46. The molecule has 1 fully saturated rings. The summed E-state index contributed by atoms with van der Waals surface area (Å²) in [6, 6.07) is 5.90. The number of hydrogen-bond acceptors (Lipinski definition) is 4. The van der Waals surface area contributed by atoms with Gasteiger partial charge < -0.3 is 20.1 Å². The fourth-order valence-corrected chi connectivity index (χ4v) is 3.71. The highest BCUT2D eigenvalue weighted by atomic mass is 32.2. The van der Waals surface area contributed by atoms with Gasteiger partial charge in [0, 0.05) is 18.3 Å². The fourth-order valence-electron chi connectivity index (χ4n) is 2.51. The van der Waals surface area contributed by atoms with Crippen molar-refractivity contribution in [3.05, 3.63) is 23.8 Å². The summed E-state index contributed by atoms with van der Waals surface area (Å²) < 4.78 is 10.6. The molecule has 23 heavy (non-hydrogen) atoms. The van der Waals surface area contributed by atoms with E-state index in [1.807, 2.05) is 18.2 Å². The molecular formula is C17H27N3O2S. The molecule has 0 bridgehead atoms. The average Bonchev–Trinajstić information content (AvgIpc) is 3.10. The lowest BCUT2D eigenvalue weighted by Gasteiger charge is -2.14. The highest BCUT2D eigenvalue weighted by molar-refractivity contribution is 8.00. The van der Waals surface area contributed by atoms with Gasteiger partial charge in [-0.25, -0.2) is 4.99 Å². The van der Waals surface area contributed by atoms with Gasteiger partial charge in [-0.1, -0.05) is 6.07 Å². The Morgan fingerprint density at radius 3 is 2.74 bits per heavy atom. The van der Waals surface area contributed by atoms with E-state index in [0.29, 0.717) is 11.8 Å². The summed E-state index contributed by atoms with van der Waals surface area (Å²) in [6.45, 7) is 4.52. The maximum Gasteiger partial charge on any atom is 0.191 e. The summed E-state index contributed by atoms with van der Waals surface area (Å²) in [6.07, 6.45) is 2.63. The number of nitrogens with one attached hydrogen (secondary N) is 2. The number of ether oxygens (including phenoxy) is 2. The van der Waals surface area contributed by atoms with Crippen LogP contribution in [0.2, 0.25) is 0 Å². The monoisotopic (exact) mass is 337 g/mol. The van der Waals surface area contributed by atoms with Gasteiger partial charge in [-0.15, -0.1) is 0 Å². The molecular weight excluding hydrogens is 310 g/mol. The van der Waals surface area contributed by atoms with Crippen LogP contribution in [0.25, 0.3) is 0 Å². The molecule has 1 heterocycles. The van der Waals surface area contributed by atoms with Crippen LogP contribution in [-0.4, -0.2) is 44.3 Å². The second-order valence-electron chi connectivity index (χ2n) is 5.40. The first kappa shape index (κ1) is 17.8. The maximum absolute atomic E-state index is 5.34. The standard InChI is InChI=1S/C17H27N3O2S/c1-4-18-17(20-12-14-6-5-9-23-14)19-11-13-7-8-15(21-2)16(10-13)22-3/h7-8,10,14H,4-6,9,11-12H2,1-3H3,(H2,18,19,20). The van der Waals surface area contributed by atoms with Crippen LogP contribution in [0.4, 0.5) is 0 Å². The van der Waals surface area contributed by atoms with Crippen molar-refractivity contribution in [1.29, 1.82) is 0 Å². The Labute approximate surface area is 143 Å². The SMILES string of the molecule is CCNC(=NCc1ccc(OC)c(OC)c1)NCC1CCCS1. The number of benzene rings is 1. The summed E-state index contributed by atoms with van der Waals surface area (Å²) in [7, 11) is 3.29. The van der Waals surface area contributed by atoms with Gasteiger partial charge in [0.25, 0.3) is 0 Å². The normalized spacial score (nSPS) is 17.9. The molecule has 0 amide bonds. The van der Waals surface area contributed by atoms with Crippen LogP contribution in [0, 0.1) is 0 Å². The minimum atomic E-state index is 0.605. The van der Waals surface area contributed by atoms with Crippen molar-refractivity contribution in [3.8, 4) is 11.5 Å². The Morgan fingerprint density at radius 1 is 1.26 bits per heavy atom. The Kier molecular flexibility index (Phi) is 7.39. The summed E-state index contributed by atoms with van der Waals surface area (Å²) in [5.41, 5.74) is 1.09. The largest absolute Gasteiger partial charge is 0.493 e. The zero-order valence-corrected chi connectivity index (χ0v) is 15.0. The smallest absolute Gasteiger partial charge is 0.191 e. The molecule has 2 rings (SSSR count). The van der Waals surface area contributed by atoms with Crippen LogP contribution in [-0.2, 0) is 6.54 Å². The molecule has 1 saturated heterocycles. The molecule has 1 unspecified atom stereocenters. The van der Waals surface area contributed by atoms with Crippen molar-refractivity contribution in [2.45, 2.75) is 31.6 Å². The van der Waals surface area contributed by atoms with E-state index in [1.165, 1.54) is 18.6 Å². The molecule has 1 aromatic carbocycles. The van der Waals surface area contributed by atoms with E-state index < -0.39 is 0 Å². The number of guanidine groups is 1. The lowest BCUT2D eigenvalue weighted by atomic mass is 10.2. The number of methoxy groups -OCH3 is 2. The predicted octanol–water partition coefficient (Wildman–Crippen LogP) is 2.65. The molecule has 0 saturated carbocycles. The number of aliphatic imine (C=N–C) groups is 1. The Bertz CT molecular complexity index is 517. The molecule has 0 spiro atoms. The zero-order chi connectivity index (χ0) is 16.5. The molecule has 0 aromatic heterocycles. The van der Waals surface area contributed by atoms with Crippen molar-refractivity contribution in [2.75, 3.05) is 33.1 Å². The molecule has 1 aliphatic heterocycles. The van der Waals surface area contributed by atoms with Gasteiger partial charge in [-0.3, -0.25) is 0 Å². The van der Waals surface area contributed by atoms with Crippen molar-refractivity contribution in [2.24, 2.45) is 4.99 Å². The maximum atomic E-state index is 5.34. The molecule has 1 aromatic rings. The van der Waals surface area contributed by atoms with Crippen LogP contribution in [0.3, 0.4) is 0 Å². The molecule has 2 N–H and O–H groups in total. The van der Waals surface area contributed by atoms with E-state index in [2.05, 4.69) is 34.3 Å². The quantitative estimate of drug-likeness (QED) is 0.592. The third kappa shape index (κ3) is 5.53. The first-order valence-corrected chi connectivity index (χ1v) is 9.16. The van der Waals surface area contributed by atoms with Gasteiger partial charge in [0.2, 0.25) is 0 Å². The Balaban J connectivity index is 1.95. The van der Waals surface area contributed by atoms with E-state index >= 15 is 0 Å². The van der Waals surface area contributed by atoms with Gasteiger partial charge in [-0.2, -0.15) is 11.8 Å². The lowest BCUT2D eigenvalue weighted by molar-refractivity contribution is 0.354. The van der Waals surface area contributed by atoms with Gasteiger partial charge in [-0.05, 0) is 43.2 Å². The van der Waals surface area contributed by atoms with Crippen LogP contribution >= 0.6 is 11.8 Å². The van der Waals surface area contributed by atoms with E-state index in [4.69, 9.17) is 9.47 Å². The highest BCUT2D eigenvalue weighted by Crippen LogP contribution is 2.28. The highest BCUT2D eigenvalue weighted by Gasteiger charge is 2.15. The average molecular weight is 337 g/mol.